The van der Waals surface area contributed by atoms with E-state index in [4.69, 9.17) is 17.0 Å². The third-order valence-electron chi connectivity index (χ3n) is 3.16. The second-order valence-electron chi connectivity index (χ2n) is 4.23. The van der Waals surface area contributed by atoms with E-state index < -0.39 is 0 Å². The SMILES string of the molecule is CNc1c(C(=N)C2CCCC2)nc(Cl)[nH]c1=O. The lowest BCUT2D eigenvalue weighted by Crippen LogP contribution is -2.22. The van der Waals surface area contributed by atoms with Crippen LogP contribution < -0.4 is 10.9 Å². The second-order valence-corrected chi connectivity index (χ2v) is 4.58. The Labute approximate surface area is 104 Å². The molecule has 1 aromatic heterocycles. The predicted octanol–water partition coefficient (Wildman–Crippen LogP) is 2.02. The van der Waals surface area contributed by atoms with Gasteiger partial charge in [0.2, 0.25) is 5.28 Å². The molecule has 5 nitrogen and oxygen atoms in total. The highest BCUT2D eigenvalue weighted by molar-refractivity contribution is 6.28. The first kappa shape index (κ1) is 12.1. The summed E-state index contributed by atoms with van der Waals surface area (Å²) in [7, 11) is 1.64. The number of nitrogens with zero attached hydrogens (tertiary/aromatic N) is 1. The smallest absolute Gasteiger partial charge is 0.275 e. The molecule has 1 heterocycles. The number of anilines is 1. The molecule has 92 valence electrons. The Hall–Kier alpha value is -1.36. The van der Waals surface area contributed by atoms with Crippen molar-refractivity contribution >= 4 is 23.0 Å². The Morgan fingerprint density at radius 1 is 1.53 bits per heavy atom. The maximum absolute atomic E-state index is 11.7. The average molecular weight is 255 g/mol. The van der Waals surface area contributed by atoms with Crippen molar-refractivity contribution in [3.05, 3.63) is 21.3 Å². The maximum Gasteiger partial charge on any atom is 0.275 e. The molecule has 0 atom stereocenters. The fourth-order valence-electron chi connectivity index (χ4n) is 2.28. The van der Waals surface area contributed by atoms with E-state index in [0.717, 1.165) is 25.7 Å². The summed E-state index contributed by atoms with van der Waals surface area (Å²) in [4.78, 5) is 18.2. The molecule has 1 saturated carbocycles. The van der Waals surface area contributed by atoms with Crippen molar-refractivity contribution in [2.75, 3.05) is 12.4 Å². The quantitative estimate of drug-likeness (QED) is 0.570. The minimum absolute atomic E-state index is 0.0340. The first-order valence-corrected chi connectivity index (χ1v) is 6.07. The zero-order valence-corrected chi connectivity index (χ0v) is 10.4. The number of hydrogen-bond acceptors (Lipinski definition) is 4. The van der Waals surface area contributed by atoms with Gasteiger partial charge in [0, 0.05) is 13.0 Å². The van der Waals surface area contributed by atoms with Crippen LogP contribution in [0, 0.1) is 11.3 Å². The van der Waals surface area contributed by atoms with Crippen LogP contribution in [0.15, 0.2) is 4.79 Å². The molecule has 0 amide bonds. The molecule has 2 rings (SSSR count). The van der Waals surface area contributed by atoms with Gasteiger partial charge in [0.25, 0.3) is 5.56 Å². The molecule has 1 fully saturated rings. The summed E-state index contributed by atoms with van der Waals surface area (Å²) in [5.74, 6) is 0.201. The van der Waals surface area contributed by atoms with E-state index >= 15 is 0 Å². The molecular formula is C11H15ClN4O. The molecule has 3 N–H and O–H groups in total. The van der Waals surface area contributed by atoms with Crippen molar-refractivity contribution in [2.45, 2.75) is 25.7 Å². The van der Waals surface area contributed by atoms with Gasteiger partial charge in [-0.25, -0.2) is 4.98 Å². The van der Waals surface area contributed by atoms with Crippen LogP contribution in [0.25, 0.3) is 0 Å². The van der Waals surface area contributed by atoms with Gasteiger partial charge in [-0.15, -0.1) is 0 Å². The van der Waals surface area contributed by atoms with Gasteiger partial charge < -0.3 is 10.7 Å². The van der Waals surface area contributed by atoms with E-state index in [9.17, 15) is 4.79 Å². The third-order valence-corrected chi connectivity index (χ3v) is 3.34. The molecule has 0 saturated heterocycles. The lowest BCUT2D eigenvalue weighted by molar-refractivity contribution is 0.722. The summed E-state index contributed by atoms with van der Waals surface area (Å²) in [6.07, 6.45) is 4.26. The Kier molecular flexibility index (Phi) is 3.47. The first-order chi connectivity index (χ1) is 8.13. The summed E-state index contributed by atoms with van der Waals surface area (Å²) in [6, 6.07) is 0. The molecule has 1 aliphatic rings. The number of H-pyrrole nitrogens is 1. The Morgan fingerprint density at radius 3 is 2.76 bits per heavy atom. The third kappa shape index (κ3) is 2.34. The fourth-order valence-corrected chi connectivity index (χ4v) is 2.45. The first-order valence-electron chi connectivity index (χ1n) is 5.70. The number of aromatic nitrogens is 2. The van der Waals surface area contributed by atoms with Gasteiger partial charge in [-0.2, -0.15) is 0 Å². The van der Waals surface area contributed by atoms with Crippen molar-refractivity contribution in [2.24, 2.45) is 5.92 Å². The molecular weight excluding hydrogens is 240 g/mol. The molecule has 0 spiro atoms. The lowest BCUT2D eigenvalue weighted by Gasteiger charge is -2.13. The van der Waals surface area contributed by atoms with Crippen LogP contribution in [0.3, 0.4) is 0 Å². The number of hydrogen-bond donors (Lipinski definition) is 3. The van der Waals surface area contributed by atoms with Crippen LogP contribution in [0.4, 0.5) is 5.69 Å². The number of halogens is 1. The van der Waals surface area contributed by atoms with Crippen LogP contribution in [0.1, 0.15) is 31.4 Å². The Bertz CT molecular complexity index is 491. The minimum atomic E-state index is -0.328. The predicted molar refractivity (Wildman–Crippen MR) is 68.2 cm³/mol. The van der Waals surface area contributed by atoms with Crippen LogP contribution in [0.5, 0.6) is 0 Å². The Balaban J connectivity index is 2.42. The van der Waals surface area contributed by atoms with Crippen LogP contribution in [-0.4, -0.2) is 22.7 Å². The lowest BCUT2D eigenvalue weighted by atomic mass is 9.98. The van der Waals surface area contributed by atoms with E-state index in [-0.39, 0.29) is 16.8 Å². The standard InChI is InChI=1S/C11H15ClN4O/c1-14-9-8(15-11(12)16-10(9)17)7(13)6-4-2-3-5-6/h6,13-14H,2-5H2,1H3,(H,15,16,17). The van der Waals surface area contributed by atoms with Crippen LogP contribution in [-0.2, 0) is 0 Å². The number of aromatic amines is 1. The van der Waals surface area contributed by atoms with E-state index in [1.54, 1.807) is 7.05 Å². The van der Waals surface area contributed by atoms with Crippen molar-refractivity contribution in [1.29, 1.82) is 5.41 Å². The monoisotopic (exact) mass is 254 g/mol. The largest absolute Gasteiger partial charge is 0.382 e. The van der Waals surface area contributed by atoms with Gasteiger partial charge in [-0.05, 0) is 24.4 Å². The van der Waals surface area contributed by atoms with Gasteiger partial charge in [0.15, 0.2) is 0 Å². The maximum atomic E-state index is 11.7. The highest BCUT2D eigenvalue weighted by Crippen LogP contribution is 2.28. The summed E-state index contributed by atoms with van der Waals surface area (Å²) in [5.41, 5.74) is 0.796. The zero-order chi connectivity index (χ0) is 12.4. The number of nitrogens with one attached hydrogen (secondary N) is 3. The number of rotatable bonds is 3. The van der Waals surface area contributed by atoms with Crippen molar-refractivity contribution in [3.63, 3.8) is 0 Å². The molecule has 0 bridgehead atoms. The Morgan fingerprint density at radius 2 is 2.18 bits per heavy atom. The summed E-state index contributed by atoms with van der Waals surface area (Å²) >= 11 is 5.74. The highest BCUT2D eigenvalue weighted by Gasteiger charge is 2.24. The van der Waals surface area contributed by atoms with Crippen LogP contribution >= 0.6 is 11.6 Å². The van der Waals surface area contributed by atoms with Gasteiger partial charge in [0.05, 0.1) is 5.71 Å². The minimum Gasteiger partial charge on any atom is -0.382 e. The van der Waals surface area contributed by atoms with Gasteiger partial charge in [-0.1, -0.05) is 12.8 Å². The van der Waals surface area contributed by atoms with Crippen molar-refractivity contribution in [1.82, 2.24) is 9.97 Å². The molecule has 0 aliphatic heterocycles. The molecule has 0 radical (unpaired) electrons. The van der Waals surface area contributed by atoms with E-state index in [2.05, 4.69) is 15.3 Å². The van der Waals surface area contributed by atoms with Crippen LogP contribution in [0.2, 0.25) is 5.28 Å². The molecule has 17 heavy (non-hydrogen) atoms. The average Bonchev–Trinajstić information content (AvgIpc) is 2.80. The normalized spacial score (nSPS) is 16.1. The highest BCUT2D eigenvalue weighted by atomic mass is 35.5. The van der Waals surface area contributed by atoms with Gasteiger partial charge >= 0.3 is 0 Å². The fraction of sp³-hybridized carbons (Fsp3) is 0.545. The van der Waals surface area contributed by atoms with Gasteiger partial charge in [-0.3, -0.25) is 9.78 Å². The van der Waals surface area contributed by atoms with Gasteiger partial charge in [0.1, 0.15) is 11.4 Å². The van der Waals surface area contributed by atoms with Crippen molar-refractivity contribution in [3.8, 4) is 0 Å². The second kappa shape index (κ2) is 4.87. The van der Waals surface area contributed by atoms with E-state index in [1.807, 2.05) is 0 Å². The van der Waals surface area contributed by atoms with Crippen molar-refractivity contribution < 1.29 is 0 Å². The molecule has 0 unspecified atom stereocenters. The summed E-state index contributed by atoms with van der Waals surface area (Å²) in [6.45, 7) is 0. The molecule has 6 heteroatoms. The molecule has 0 aromatic carbocycles. The van der Waals surface area contributed by atoms with E-state index in [0.29, 0.717) is 17.1 Å². The topological polar surface area (TPSA) is 81.6 Å². The molecule has 1 aromatic rings. The van der Waals surface area contributed by atoms with E-state index in [1.165, 1.54) is 0 Å². The summed E-state index contributed by atoms with van der Waals surface area (Å²) < 4.78 is 0. The molecule has 1 aliphatic carbocycles. The summed E-state index contributed by atoms with van der Waals surface area (Å²) in [5, 5.41) is 11.0. The zero-order valence-electron chi connectivity index (χ0n) is 9.64.